The Kier molecular flexibility index (Phi) is 4.07. The molecule has 0 unspecified atom stereocenters. The second-order valence-corrected chi connectivity index (χ2v) is 5.76. The van der Waals surface area contributed by atoms with Crippen LogP contribution in [0.2, 0.25) is 0 Å². The molecule has 3 heteroatoms. The molecule has 112 valence electrons. The van der Waals surface area contributed by atoms with Crippen LogP contribution < -0.4 is 10.9 Å². The second-order valence-electron chi connectivity index (χ2n) is 5.76. The summed E-state index contributed by atoms with van der Waals surface area (Å²) in [4.78, 5) is 15.2. The van der Waals surface area contributed by atoms with Crippen molar-refractivity contribution in [3.05, 3.63) is 81.1 Å². The molecule has 3 aromatic rings. The lowest BCUT2D eigenvalue weighted by Crippen LogP contribution is -2.20. The average Bonchev–Trinajstić information content (AvgIpc) is 2.49. The molecule has 2 N–H and O–H groups in total. The molecule has 0 amide bonds. The summed E-state index contributed by atoms with van der Waals surface area (Å²) in [6.07, 6.45) is 0. The van der Waals surface area contributed by atoms with Gasteiger partial charge in [-0.3, -0.25) is 4.79 Å². The third-order valence-electron chi connectivity index (χ3n) is 3.88. The Hall–Kier alpha value is -2.39. The van der Waals surface area contributed by atoms with Gasteiger partial charge in [0.15, 0.2) is 0 Å². The molecule has 0 spiro atoms. The van der Waals surface area contributed by atoms with Gasteiger partial charge in [0.2, 0.25) is 0 Å². The molecule has 0 aliphatic carbocycles. The monoisotopic (exact) mass is 292 g/mol. The second kappa shape index (κ2) is 6.16. The number of hydrogen-bond donors (Lipinski definition) is 2. The van der Waals surface area contributed by atoms with Crippen LogP contribution in [0.25, 0.3) is 10.9 Å². The van der Waals surface area contributed by atoms with Crippen LogP contribution in [-0.4, -0.2) is 4.98 Å². The predicted octanol–water partition coefficient (Wildman–Crippen LogP) is 3.43. The Morgan fingerprint density at radius 2 is 1.77 bits per heavy atom. The molecule has 0 saturated heterocycles. The quantitative estimate of drug-likeness (QED) is 0.773. The van der Waals surface area contributed by atoms with Gasteiger partial charge >= 0.3 is 0 Å². The summed E-state index contributed by atoms with van der Waals surface area (Å²) in [5.41, 5.74) is 5.24. The third-order valence-corrected chi connectivity index (χ3v) is 3.88. The van der Waals surface area contributed by atoms with Crippen molar-refractivity contribution >= 4 is 10.9 Å². The molecule has 3 rings (SSSR count). The first-order valence-corrected chi connectivity index (χ1v) is 7.51. The van der Waals surface area contributed by atoms with Gasteiger partial charge < -0.3 is 10.3 Å². The highest BCUT2D eigenvalue weighted by molar-refractivity contribution is 5.83. The van der Waals surface area contributed by atoms with E-state index in [-0.39, 0.29) is 5.56 Å². The number of benzene rings is 2. The van der Waals surface area contributed by atoms with Gasteiger partial charge in [0.25, 0.3) is 5.56 Å². The molecule has 1 aromatic heterocycles. The molecular formula is C19H20N2O. The molecule has 1 heterocycles. The van der Waals surface area contributed by atoms with Crippen LogP contribution >= 0.6 is 0 Å². The first-order chi connectivity index (χ1) is 10.6. The summed E-state index contributed by atoms with van der Waals surface area (Å²) in [7, 11) is 0. The van der Waals surface area contributed by atoms with Gasteiger partial charge in [-0.1, -0.05) is 36.4 Å². The van der Waals surface area contributed by atoms with E-state index in [4.69, 9.17) is 0 Å². The average molecular weight is 292 g/mol. The molecule has 0 aliphatic heterocycles. The Labute approximate surface area is 130 Å². The van der Waals surface area contributed by atoms with E-state index in [1.165, 1.54) is 11.1 Å². The molecule has 2 aromatic carbocycles. The molecule has 22 heavy (non-hydrogen) atoms. The number of hydrogen-bond acceptors (Lipinski definition) is 2. The molecule has 0 aliphatic rings. The van der Waals surface area contributed by atoms with Crippen molar-refractivity contribution in [3.8, 4) is 0 Å². The zero-order chi connectivity index (χ0) is 15.5. The SMILES string of the molecule is Cc1cc(C)c2cc(CNCc3ccccc3)c(=O)[nH]c2c1. The number of aryl methyl sites for hydroxylation is 2. The van der Waals surface area contributed by atoms with Crippen molar-refractivity contribution in [2.24, 2.45) is 0 Å². The van der Waals surface area contributed by atoms with Crippen molar-refractivity contribution in [1.82, 2.24) is 10.3 Å². The van der Waals surface area contributed by atoms with Crippen LogP contribution in [0.3, 0.4) is 0 Å². The minimum absolute atomic E-state index is 0.0157. The van der Waals surface area contributed by atoms with Crippen LogP contribution in [0, 0.1) is 13.8 Å². The fraction of sp³-hybridized carbons (Fsp3) is 0.211. The molecule has 3 nitrogen and oxygen atoms in total. The number of fused-ring (bicyclic) bond motifs is 1. The first-order valence-electron chi connectivity index (χ1n) is 7.51. The van der Waals surface area contributed by atoms with E-state index in [1.807, 2.05) is 37.3 Å². The van der Waals surface area contributed by atoms with Crippen molar-refractivity contribution in [2.75, 3.05) is 0 Å². The van der Waals surface area contributed by atoms with E-state index in [0.717, 1.165) is 28.6 Å². The minimum atomic E-state index is -0.0157. The number of aromatic nitrogens is 1. The van der Waals surface area contributed by atoms with Crippen LogP contribution in [0.15, 0.2) is 53.3 Å². The van der Waals surface area contributed by atoms with Gasteiger partial charge in [-0.05, 0) is 42.7 Å². The van der Waals surface area contributed by atoms with E-state index in [1.54, 1.807) is 0 Å². The Bertz CT molecular complexity index is 850. The maximum Gasteiger partial charge on any atom is 0.252 e. The van der Waals surface area contributed by atoms with Crippen molar-refractivity contribution in [3.63, 3.8) is 0 Å². The normalized spacial score (nSPS) is 11.0. The number of aromatic amines is 1. The Morgan fingerprint density at radius 1 is 1.00 bits per heavy atom. The van der Waals surface area contributed by atoms with E-state index < -0.39 is 0 Å². The van der Waals surface area contributed by atoms with Crippen LogP contribution in [0.5, 0.6) is 0 Å². The topological polar surface area (TPSA) is 44.9 Å². The van der Waals surface area contributed by atoms with E-state index in [2.05, 4.69) is 35.4 Å². The number of rotatable bonds is 4. The lowest BCUT2D eigenvalue weighted by atomic mass is 10.0. The summed E-state index contributed by atoms with van der Waals surface area (Å²) >= 11 is 0. The van der Waals surface area contributed by atoms with Crippen molar-refractivity contribution < 1.29 is 0 Å². The van der Waals surface area contributed by atoms with Crippen LogP contribution in [0.1, 0.15) is 22.3 Å². The van der Waals surface area contributed by atoms with Gasteiger partial charge in [0.05, 0.1) is 0 Å². The van der Waals surface area contributed by atoms with Gasteiger partial charge in [0.1, 0.15) is 0 Å². The number of H-pyrrole nitrogens is 1. The molecule has 0 fully saturated rings. The number of pyridine rings is 1. The largest absolute Gasteiger partial charge is 0.322 e. The third kappa shape index (κ3) is 3.10. The zero-order valence-electron chi connectivity index (χ0n) is 12.9. The highest BCUT2D eigenvalue weighted by Gasteiger charge is 2.05. The summed E-state index contributed by atoms with van der Waals surface area (Å²) in [5, 5.41) is 4.45. The maximum absolute atomic E-state index is 12.2. The molecule has 0 radical (unpaired) electrons. The predicted molar refractivity (Wildman–Crippen MR) is 91.0 cm³/mol. The van der Waals surface area contributed by atoms with Crippen LogP contribution in [-0.2, 0) is 13.1 Å². The lowest BCUT2D eigenvalue weighted by molar-refractivity contribution is 0.688. The summed E-state index contributed by atoms with van der Waals surface area (Å²) < 4.78 is 0. The maximum atomic E-state index is 12.2. The van der Waals surface area contributed by atoms with E-state index in [9.17, 15) is 4.79 Å². The Morgan fingerprint density at radius 3 is 2.55 bits per heavy atom. The van der Waals surface area contributed by atoms with Crippen molar-refractivity contribution in [1.29, 1.82) is 0 Å². The molecule has 0 bridgehead atoms. The highest BCUT2D eigenvalue weighted by Crippen LogP contribution is 2.18. The standard InChI is InChI=1S/C19H20N2O/c1-13-8-14(2)17-10-16(19(22)21-18(17)9-13)12-20-11-15-6-4-3-5-7-15/h3-10,20H,11-12H2,1-2H3,(H,21,22). The summed E-state index contributed by atoms with van der Waals surface area (Å²) in [6.45, 7) is 5.44. The minimum Gasteiger partial charge on any atom is -0.322 e. The Balaban J connectivity index is 1.82. The van der Waals surface area contributed by atoms with Crippen molar-refractivity contribution in [2.45, 2.75) is 26.9 Å². The smallest absolute Gasteiger partial charge is 0.252 e. The summed E-state index contributed by atoms with van der Waals surface area (Å²) in [6, 6.07) is 16.3. The van der Waals surface area contributed by atoms with E-state index in [0.29, 0.717) is 6.54 Å². The summed E-state index contributed by atoms with van der Waals surface area (Å²) in [5.74, 6) is 0. The molecule has 0 saturated carbocycles. The fourth-order valence-electron chi connectivity index (χ4n) is 2.78. The van der Waals surface area contributed by atoms with Gasteiger partial charge in [-0.25, -0.2) is 0 Å². The van der Waals surface area contributed by atoms with Gasteiger partial charge in [0, 0.05) is 29.6 Å². The van der Waals surface area contributed by atoms with Gasteiger partial charge in [-0.2, -0.15) is 0 Å². The van der Waals surface area contributed by atoms with Gasteiger partial charge in [-0.15, -0.1) is 0 Å². The zero-order valence-corrected chi connectivity index (χ0v) is 12.9. The van der Waals surface area contributed by atoms with E-state index >= 15 is 0 Å². The molecular weight excluding hydrogens is 272 g/mol. The lowest BCUT2D eigenvalue weighted by Gasteiger charge is -2.08. The fourth-order valence-corrected chi connectivity index (χ4v) is 2.78. The molecule has 0 atom stereocenters. The number of nitrogens with one attached hydrogen (secondary N) is 2. The van der Waals surface area contributed by atoms with Crippen LogP contribution in [0.4, 0.5) is 0 Å². The highest BCUT2D eigenvalue weighted by atomic mass is 16.1. The first kappa shape index (κ1) is 14.5.